The van der Waals surface area contributed by atoms with Crippen LogP contribution in [0.4, 0.5) is 0 Å². The molecule has 1 fully saturated rings. The molecule has 2 aromatic rings. The van der Waals surface area contributed by atoms with Crippen molar-refractivity contribution in [2.24, 2.45) is 0 Å². The maximum absolute atomic E-state index is 5.28. The Bertz CT molecular complexity index is 466. The lowest BCUT2D eigenvalue weighted by molar-refractivity contribution is 0.345. The number of hydrogen-bond donors (Lipinski definition) is 1. The topological polar surface area (TPSA) is 51.0 Å². The van der Waals surface area contributed by atoms with E-state index in [2.05, 4.69) is 15.5 Å². The predicted octanol–water partition coefficient (Wildman–Crippen LogP) is 2.58. The molecule has 0 saturated carbocycles. The molecule has 4 nitrogen and oxygen atoms in total. The van der Waals surface area contributed by atoms with Gasteiger partial charge in [-0.2, -0.15) is 4.98 Å². The SMILES string of the molecule is Cl.c1ccc(-c2noc([C@@H]3CCCN3)n2)cc1. The number of nitrogens with one attached hydrogen (secondary N) is 1. The van der Waals surface area contributed by atoms with Crippen molar-refractivity contribution in [2.75, 3.05) is 6.54 Å². The van der Waals surface area contributed by atoms with E-state index < -0.39 is 0 Å². The summed E-state index contributed by atoms with van der Waals surface area (Å²) in [5, 5.41) is 7.35. The number of hydrogen-bond acceptors (Lipinski definition) is 4. The third kappa shape index (κ3) is 2.48. The van der Waals surface area contributed by atoms with Gasteiger partial charge in [-0.1, -0.05) is 35.5 Å². The van der Waals surface area contributed by atoms with Crippen LogP contribution in [0.3, 0.4) is 0 Å². The number of rotatable bonds is 2. The smallest absolute Gasteiger partial charge is 0.244 e. The maximum atomic E-state index is 5.28. The number of halogens is 1. The van der Waals surface area contributed by atoms with Gasteiger partial charge in [0.2, 0.25) is 11.7 Å². The minimum atomic E-state index is 0. The van der Waals surface area contributed by atoms with Crippen LogP contribution in [0.5, 0.6) is 0 Å². The molecule has 17 heavy (non-hydrogen) atoms. The highest BCUT2D eigenvalue weighted by Crippen LogP contribution is 2.23. The van der Waals surface area contributed by atoms with Crippen molar-refractivity contribution in [3.63, 3.8) is 0 Å². The average molecular weight is 252 g/mol. The quantitative estimate of drug-likeness (QED) is 0.891. The minimum Gasteiger partial charge on any atom is -0.337 e. The van der Waals surface area contributed by atoms with E-state index in [0.29, 0.717) is 11.7 Å². The van der Waals surface area contributed by atoms with Crippen LogP contribution in [-0.4, -0.2) is 16.7 Å². The zero-order valence-corrected chi connectivity index (χ0v) is 10.1. The largest absolute Gasteiger partial charge is 0.337 e. The lowest BCUT2D eigenvalue weighted by atomic mass is 10.2. The highest BCUT2D eigenvalue weighted by atomic mass is 35.5. The van der Waals surface area contributed by atoms with Crippen molar-refractivity contribution in [2.45, 2.75) is 18.9 Å². The van der Waals surface area contributed by atoms with Gasteiger partial charge in [0.1, 0.15) is 0 Å². The predicted molar refractivity (Wildman–Crippen MR) is 67.0 cm³/mol. The molecule has 1 saturated heterocycles. The van der Waals surface area contributed by atoms with Crippen molar-refractivity contribution < 1.29 is 4.52 Å². The normalized spacial score (nSPS) is 18.9. The first-order valence-corrected chi connectivity index (χ1v) is 5.56. The van der Waals surface area contributed by atoms with Gasteiger partial charge in [0.25, 0.3) is 0 Å². The van der Waals surface area contributed by atoms with Gasteiger partial charge < -0.3 is 9.84 Å². The van der Waals surface area contributed by atoms with Crippen LogP contribution in [-0.2, 0) is 0 Å². The van der Waals surface area contributed by atoms with Crippen LogP contribution < -0.4 is 5.32 Å². The van der Waals surface area contributed by atoms with Crippen LogP contribution in [0.25, 0.3) is 11.4 Å². The fraction of sp³-hybridized carbons (Fsp3) is 0.333. The first-order valence-electron chi connectivity index (χ1n) is 5.56. The number of benzene rings is 1. The number of aromatic nitrogens is 2. The van der Waals surface area contributed by atoms with Gasteiger partial charge in [0.05, 0.1) is 6.04 Å². The van der Waals surface area contributed by atoms with Crippen molar-refractivity contribution in [1.29, 1.82) is 0 Å². The molecule has 0 bridgehead atoms. The Labute approximate surface area is 106 Å². The van der Waals surface area contributed by atoms with Gasteiger partial charge in [-0.15, -0.1) is 12.4 Å². The van der Waals surface area contributed by atoms with Gasteiger partial charge in [-0.05, 0) is 19.4 Å². The number of nitrogens with zero attached hydrogens (tertiary/aromatic N) is 2. The maximum Gasteiger partial charge on any atom is 0.244 e. The van der Waals surface area contributed by atoms with Gasteiger partial charge in [-0.3, -0.25) is 0 Å². The van der Waals surface area contributed by atoms with Crippen LogP contribution in [0.2, 0.25) is 0 Å². The van der Waals surface area contributed by atoms with Gasteiger partial charge in [-0.25, -0.2) is 0 Å². The van der Waals surface area contributed by atoms with E-state index >= 15 is 0 Å². The molecule has 90 valence electrons. The molecule has 0 unspecified atom stereocenters. The summed E-state index contributed by atoms with van der Waals surface area (Å²) < 4.78 is 5.28. The molecule has 1 aromatic carbocycles. The van der Waals surface area contributed by atoms with Gasteiger partial charge in [0.15, 0.2) is 0 Å². The molecule has 2 heterocycles. The average Bonchev–Trinajstić information content (AvgIpc) is 3.01. The van der Waals surface area contributed by atoms with E-state index in [1.54, 1.807) is 0 Å². The second-order valence-corrected chi connectivity index (χ2v) is 3.97. The fourth-order valence-electron chi connectivity index (χ4n) is 1.98. The molecule has 0 aliphatic carbocycles. The van der Waals surface area contributed by atoms with E-state index in [4.69, 9.17) is 4.52 Å². The molecule has 1 aromatic heterocycles. The summed E-state index contributed by atoms with van der Waals surface area (Å²) >= 11 is 0. The zero-order valence-electron chi connectivity index (χ0n) is 9.30. The van der Waals surface area contributed by atoms with Crippen molar-refractivity contribution in [3.05, 3.63) is 36.2 Å². The molecule has 1 aliphatic rings. The molecule has 0 spiro atoms. The Morgan fingerprint density at radius 1 is 1.24 bits per heavy atom. The van der Waals surface area contributed by atoms with Crippen molar-refractivity contribution in [1.82, 2.24) is 15.5 Å². The highest BCUT2D eigenvalue weighted by molar-refractivity contribution is 5.85. The second kappa shape index (κ2) is 5.29. The lowest BCUT2D eigenvalue weighted by Crippen LogP contribution is -2.12. The van der Waals surface area contributed by atoms with Crippen molar-refractivity contribution in [3.8, 4) is 11.4 Å². The summed E-state index contributed by atoms with van der Waals surface area (Å²) in [5.74, 6) is 1.38. The van der Waals surface area contributed by atoms with Crippen LogP contribution in [0.1, 0.15) is 24.8 Å². The van der Waals surface area contributed by atoms with Crippen LogP contribution in [0.15, 0.2) is 34.9 Å². The molecule has 1 atom stereocenters. The first kappa shape index (κ1) is 12.1. The first-order chi connectivity index (χ1) is 7.93. The Morgan fingerprint density at radius 3 is 2.76 bits per heavy atom. The third-order valence-corrected chi connectivity index (χ3v) is 2.83. The van der Waals surface area contributed by atoms with E-state index in [0.717, 1.165) is 18.5 Å². The van der Waals surface area contributed by atoms with Gasteiger partial charge >= 0.3 is 0 Å². The van der Waals surface area contributed by atoms with E-state index in [1.807, 2.05) is 30.3 Å². The fourth-order valence-corrected chi connectivity index (χ4v) is 1.98. The van der Waals surface area contributed by atoms with E-state index in [9.17, 15) is 0 Å². The molecule has 1 aliphatic heterocycles. The molecule has 3 rings (SSSR count). The summed E-state index contributed by atoms with van der Waals surface area (Å²) in [6, 6.07) is 10.1. The Morgan fingerprint density at radius 2 is 2.06 bits per heavy atom. The molecule has 5 heteroatoms. The summed E-state index contributed by atoms with van der Waals surface area (Å²) in [7, 11) is 0. The molecule has 0 radical (unpaired) electrons. The Kier molecular flexibility index (Phi) is 3.76. The zero-order chi connectivity index (χ0) is 10.8. The molecular formula is C12H14ClN3O. The second-order valence-electron chi connectivity index (χ2n) is 3.97. The van der Waals surface area contributed by atoms with E-state index in [-0.39, 0.29) is 18.4 Å². The molecule has 0 amide bonds. The lowest BCUT2D eigenvalue weighted by Gasteiger charge is -2.01. The molecular weight excluding hydrogens is 238 g/mol. The summed E-state index contributed by atoms with van der Waals surface area (Å²) in [6.07, 6.45) is 2.25. The summed E-state index contributed by atoms with van der Waals surface area (Å²) in [5.41, 5.74) is 0.996. The highest BCUT2D eigenvalue weighted by Gasteiger charge is 2.22. The van der Waals surface area contributed by atoms with Crippen LogP contribution >= 0.6 is 12.4 Å². The summed E-state index contributed by atoms with van der Waals surface area (Å²) in [4.78, 5) is 4.42. The van der Waals surface area contributed by atoms with Crippen LogP contribution in [0, 0.1) is 0 Å². The van der Waals surface area contributed by atoms with Gasteiger partial charge in [0, 0.05) is 5.56 Å². The minimum absolute atomic E-state index is 0. The monoisotopic (exact) mass is 251 g/mol. The Hall–Kier alpha value is -1.39. The molecule has 1 N–H and O–H groups in total. The van der Waals surface area contributed by atoms with E-state index in [1.165, 1.54) is 6.42 Å². The third-order valence-electron chi connectivity index (χ3n) is 2.83. The van der Waals surface area contributed by atoms with Crippen molar-refractivity contribution >= 4 is 12.4 Å². The Balaban J connectivity index is 0.00000108. The standard InChI is InChI=1S/C12H13N3O.ClH/c1-2-5-9(6-3-1)11-14-12(16-15-11)10-7-4-8-13-10;/h1-3,5-6,10,13H,4,7-8H2;1H/t10-;/m0./s1. The summed E-state index contributed by atoms with van der Waals surface area (Å²) in [6.45, 7) is 1.04.